The van der Waals surface area contributed by atoms with Crippen molar-refractivity contribution in [2.24, 2.45) is 5.92 Å². The molecule has 2 aromatic carbocycles. The van der Waals surface area contributed by atoms with Gasteiger partial charge in [0.15, 0.2) is 11.5 Å². The SMILES string of the molecule is COc1ccc(Cn2c(-c3cccc(C)c3)nc3nc(C#N)nc(NCCC4CCC4)c32)cc1. The maximum Gasteiger partial charge on any atom is 0.236 e. The van der Waals surface area contributed by atoms with Crippen molar-refractivity contribution in [1.29, 1.82) is 5.26 Å². The van der Waals surface area contributed by atoms with Crippen LogP contribution in [-0.4, -0.2) is 33.2 Å². The number of methoxy groups -OCH3 is 1. The Morgan fingerprint density at radius 3 is 2.62 bits per heavy atom. The lowest BCUT2D eigenvalue weighted by molar-refractivity contribution is 0.303. The molecule has 1 fully saturated rings. The van der Waals surface area contributed by atoms with E-state index in [2.05, 4.69) is 63.2 Å². The molecule has 1 saturated carbocycles. The molecule has 0 saturated heterocycles. The largest absolute Gasteiger partial charge is 0.497 e. The number of ether oxygens (including phenoxy) is 1. The zero-order valence-corrected chi connectivity index (χ0v) is 19.6. The molecule has 34 heavy (non-hydrogen) atoms. The predicted octanol–water partition coefficient (Wildman–Crippen LogP) is 5.33. The number of nitrogens with one attached hydrogen (secondary N) is 1. The van der Waals surface area contributed by atoms with Crippen molar-refractivity contribution in [2.75, 3.05) is 19.0 Å². The van der Waals surface area contributed by atoms with Gasteiger partial charge < -0.3 is 14.6 Å². The number of hydrogen-bond donors (Lipinski definition) is 1. The minimum Gasteiger partial charge on any atom is -0.497 e. The molecule has 5 rings (SSSR count). The Labute approximate surface area is 199 Å². The number of hydrogen-bond acceptors (Lipinski definition) is 6. The fourth-order valence-electron chi connectivity index (χ4n) is 4.46. The van der Waals surface area contributed by atoms with Crippen LogP contribution in [0.25, 0.3) is 22.6 Å². The molecular weight excluding hydrogens is 424 g/mol. The van der Waals surface area contributed by atoms with Gasteiger partial charge in [-0.25, -0.2) is 4.98 Å². The van der Waals surface area contributed by atoms with E-state index in [1.54, 1.807) is 7.11 Å². The molecule has 2 heterocycles. The standard InChI is InChI=1S/C27H28N6O/c1-18-5-3-8-21(15-18)27-32-26-24(33(27)17-20-9-11-22(34-2)12-10-20)25(30-23(16-28)31-26)29-14-13-19-6-4-7-19/h3,5,8-12,15,19H,4,6-7,13-14,17H2,1-2H3,(H,29,30,31). The van der Waals surface area contributed by atoms with Gasteiger partial charge >= 0.3 is 0 Å². The van der Waals surface area contributed by atoms with Gasteiger partial charge in [-0.1, -0.05) is 55.2 Å². The second-order valence-electron chi connectivity index (χ2n) is 8.93. The summed E-state index contributed by atoms with van der Waals surface area (Å²) in [6.07, 6.45) is 5.04. The highest BCUT2D eigenvalue weighted by Gasteiger charge is 2.21. The molecule has 172 valence electrons. The van der Waals surface area contributed by atoms with E-state index < -0.39 is 0 Å². The molecule has 0 unspecified atom stereocenters. The first kappa shape index (κ1) is 21.9. The predicted molar refractivity (Wildman–Crippen MR) is 133 cm³/mol. The van der Waals surface area contributed by atoms with E-state index in [1.165, 1.54) is 19.3 Å². The highest BCUT2D eigenvalue weighted by molar-refractivity contribution is 5.87. The van der Waals surface area contributed by atoms with E-state index >= 15 is 0 Å². The number of aryl methyl sites for hydroxylation is 1. The van der Waals surface area contributed by atoms with Gasteiger partial charge in [-0.3, -0.25) is 0 Å². The van der Waals surface area contributed by atoms with E-state index in [1.807, 2.05) is 18.2 Å². The lowest BCUT2D eigenvalue weighted by atomic mass is 9.83. The highest BCUT2D eigenvalue weighted by Crippen LogP contribution is 2.32. The van der Waals surface area contributed by atoms with Crippen molar-refractivity contribution in [3.8, 4) is 23.2 Å². The van der Waals surface area contributed by atoms with Crippen molar-refractivity contribution >= 4 is 17.0 Å². The quantitative estimate of drug-likeness (QED) is 0.389. The number of fused-ring (bicyclic) bond motifs is 1. The van der Waals surface area contributed by atoms with Crippen LogP contribution in [0.1, 0.15) is 42.6 Å². The van der Waals surface area contributed by atoms with Crippen LogP contribution < -0.4 is 10.1 Å². The van der Waals surface area contributed by atoms with Gasteiger partial charge in [0.1, 0.15) is 23.2 Å². The van der Waals surface area contributed by atoms with Crippen LogP contribution in [-0.2, 0) is 6.54 Å². The first-order valence-electron chi connectivity index (χ1n) is 11.8. The van der Waals surface area contributed by atoms with Gasteiger partial charge in [0.2, 0.25) is 5.82 Å². The minimum absolute atomic E-state index is 0.128. The van der Waals surface area contributed by atoms with E-state index in [9.17, 15) is 5.26 Å². The van der Waals surface area contributed by atoms with Crippen LogP contribution in [0.5, 0.6) is 5.75 Å². The number of nitrogens with zero attached hydrogens (tertiary/aromatic N) is 5. The number of benzene rings is 2. The Kier molecular flexibility index (Phi) is 6.13. The Hall–Kier alpha value is -3.92. The first-order chi connectivity index (χ1) is 16.6. The summed E-state index contributed by atoms with van der Waals surface area (Å²) in [4.78, 5) is 13.9. The summed E-state index contributed by atoms with van der Waals surface area (Å²) in [6, 6.07) is 18.4. The average molecular weight is 453 g/mol. The second kappa shape index (κ2) is 9.52. The maximum absolute atomic E-state index is 9.55. The molecule has 0 atom stereocenters. The van der Waals surface area contributed by atoms with Crippen LogP contribution in [0, 0.1) is 24.2 Å². The fourth-order valence-corrected chi connectivity index (χ4v) is 4.46. The molecule has 1 aliphatic rings. The van der Waals surface area contributed by atoms with Gasteiger partial charge in [-0.2, -0.15) is 15.2 Å². The molecule has 1 N–H and O–H groups in total. The van der Waals surface area contributed by atoms with Crippen molar-refractivity contribution in [1.82, 2.24) is 19.5 Å². The third-order valence-corrected chi connectivity index (χ3v) is 6.55. The summed E-state index contributed by atoms with van der Waals surface area (Å²) in [5.74, 6) is 3.20. The Balaban J connectivity index is 1.62. The van der Waals surface area contributed by atoms with Gasteiger partial charge in [-0.05, 0) is 43.0 Å². The summed E-state index contributed by atoms with van der Waals surface area (Å²) >= 11 is 0. The molecule has 0 radical (unpaired) electrons. The molecule has 7 nitrogen and oxygen atoms in total. The number of anilines is 1. The molecule has 1 aliphatic carbocycles. The lowest BCUT2D eigenvalue weighted by Gasteiger charge is -2.25. The van der Waals surface area contributed by atoms with Gasteiger partial charge in [0, 0.05) is 18.7 Å². The minimum atomic E-state index is 0.128. The topological polar surface area (TPSA) is 88.7 Å². The van der Waals surface area contributed by atoms with Crippen molar-refractivity contribution in [3.63, 3.8) is 0 Å². The third kappa shape index (κ3) is 4.44. The number of nitriles is 1. The monoisotopic (exact) mass is 452 g/mol. The zero-order valence-electron chi connectivity index (χ0n) is 19.6. The number of rotatable bonds is 8. The molecule has 0 amide bonds. The molecule has 2 aromatic heterocycles. The van der Waals surface area contributed by atoms with Crippen LogP contribution in [0.15, 0.2) is 48.5 Å². The zero-order chi connectivity index (χ0) is 23.5. The van der Waals surface area contributed by atoms with Gasteiger partial charge in [-0.15, -0.1) is 0 Å². The Morgan fingerprint density at radius 2 is 1.94 bits per heavy atom. The van der Waals surface area contributed by atoms with Crippen LogP contribution in [0.2, 0.25) is 0 Å². The van der Waals surface area contributed by atoms with Crippen LogP contribution in [0.3, 0.4) is 0 Å². The van der Waals surface area contributed by atoms with E-state index in [-0.39, 0.29) is 5.82 Å². The van der Waals surface area contributed by atoms with Crippen LogP contribution >= 0.6 is 0 Å². The first-order valence-corrected chi connectivity index (χ1v) is 11.8. The molecule has 0 spiro atoms. The number of imidazole rings is 1. The van der Waals surface area contributed by atoms with Crippen LogP contribution in [0.4, 0.5) is 5.82 Å². The van der Waals surface area contributed by atoms with Gasteiger partial charge in [0.25, 0.3) is 0 Å². The summed E-state index contributed by atoms with van der Waals surface area (Å²) in [7, 11) is 1.67. The summed E-state index contributed by atoms with van der Waals surface area (Å²) in [6.45, 7) is 3.48. The molecular formula is C27H28N6O. The summed E-state index contributed by atoms with van der Waals surface area (Å²) in [5, 5.41) is 13.0. The van der Waals surface area contributed by atoms with Gasteiger partial charge in [0.05, 0.1) is 7.11 Å². The summed E-state index contributed by atoms with van der Waals surface area (Å²) < 4.78 is 7.47. The normalized spacial score (nSPS) is 13.4. The number of aromatic nitrogens is 4. The molecule has 4 aromatic rings. The Morgan fingerprint density at radius 1 is 1.12 bits per heavy atom. The molecule has 0 aliphatic heterocycles. The molecule has 0 bridgehead atoms. The van der Waals surface area contributed by atoms with E-state index in [0.29, 0.717) is 18.0 Å². The second-order valence-corrected chi connectivity index (χ2v) is 8.93. The smallest absolute Gasteiger partial charge is 0.236 e. The molecule has 7 heteroatoms. The summed E-state index contributed by atoms with van der Waals surface area (Å²) in [5.41, 5.74) is 4.62. The van der Waals surface area contributed by atoms with E-state index in [0.717, 1.165) is 52.7 Å². The lowest BCUT2D eigenvalue weighted by Crippen LogP contribution is -2.16. The van der Waals surface area contributed by atoms with Crippen molar-refractivity contribution in [3.05, 3.63) is 65.5 Å². The van der Waals surface area contributed by atoms with E-state index in [4.69, 9.17) is 9.72 Å². The van der Waals surface area contributed by atoms with Crippen molar-refractivity contribution in [2.45, 2.75) is 39.2 Å². The maximum atomic E-state index is 9.55. The Bertz CT molecular complexity index is 1350. The third-order valence-electron chi connectivity index (χ3n) is 6.55. The fraction of sp³-hybridized carbons (Fsp3) is 0.333. The average Bonchev–Trinajstić information content (AvgIpc) is 3.19. The highest BCUT2D eigenvalue weighted by atomic mass is 16.5. The van der Waals surface area contributed by atoms with Crippen molar-refractivity contribution < 1.29 is 4.74 Å².